The summed E-state index contributed by atoms with van der Waals surface area (Å²) in [4.78, 5) is 12.9. The second kappa shape index (κ2) is 6.50. The summed E-state index contributed by atoms with van der Waals surface area (Å²) >= 11 is 1.19. The lowest BCUT2D eigenvalue weighted by molar-refractivity contribution is 0.0996. The topological polar surface area (TPSA) is 88.4 Å². The first-order valence-electron chi connectivity index (χ1n) is 6.98. The number of hydrogen-bond donors (Lipinski definition) is 2. The average molecular weight is 362 g/mol. The molecule has 124 valence electrons. The van der Waals surface area contributed by atoms with Gasteiger partial charge in [-0.1, -0.05) is 6.07 Å². The summed E-state index contributed by atoms with van der Waals surface area (Å²) in [6.45, 7) is 1.84. The Morgan fingerprint density at radius 1 is 1.08 bits per heavy atom. The van der Waals surface area contributed by atoms with Crippen LogP contribution in [0.15, 0.2) is 63.4 Å². The van der Waals surface area contributed by atoms with E-state index >= 15 is 0 Å². The molecule has 24 heavy (non-hydrogen) atoms. The second-order valence-electron chi connectivity index (χ2n) is 4.98. The maximum Gasteiger partial charge on any atom is 0.291 e. The molecule has 0 unspecified atom stereocenters. The van der Waals surface area contributed by atoms with Crippen molar-refractivity contribution in [3.05, 3.63) is 65.4 Å². The lowest BCUT2D eigenvalue weighted by Crippen LogP contribution is -2.13. The number of anilines is 2. The maximum atomic E-state index is 12.3. The molecular formula is C16H14N2O4S2. The van der Waals surface area contributed by atoms with Gasteiger partial charge >= 0.3 is 0 Å². The highest BCUT2D eigenvalue weighted by Gasteiger charge is 2.16. The van der Waals surface area contributed by atoms with Crippen LogP contribution >= 0.6 is 11.3 Å². The summed E-state index contributed by atoms with van der Waals surface area (Å²) in [6.07, 6.45) is 1.41. The molecule has 0 fully saturated rings. The summed E-state index contributed by atoms with van der Waals surface area (Å²) < 4.78 is 32.4. The van der Waals surface area contributed by atoms with Crippen LogP contribution < -0.4 is 10.0 Å². The molecule has 0 aliphatic heterocycles. The van der Waals surface area contributed by atoms with Crippen LogP contribution in [-0.4, -0.2) is 14.3 Å². The fourth-order valence-corrected chi connectivity index (χ4v) is 4.36. The van der Waals surface area contributed by atoms with E-state index in [-0.39, 0.29) is 9.97 Å². The van der Waals surface area contributed by atoms with E-state index in [1.807, 2.05) is 6.92 Å². The largest absolute Gasteiger partial charge is 0.459 e. The third-order valence-corrected chi connectivity index (χ3v) is 5.97. The number of benzene rings is 1. The minimum atomic E-state index is -3.64. The highest BCUT2D eigenvalue weighted by molar-refractivity contribution is 7.94. The van der Waals surface area contributed by atoms with Crippen LogP contribution in [0.5, 0.6) is 0 Å². The first kappa shape index (κ1) is 16.3. The van der Waals surface area contributed by atoms with Gasteiger partial charge in [0.25, 0.3) is 15.9 Å². The van der Waals surface area contributed by atoms with Gasteiger partial charge in [0, 0.05) is 10.6 Å². The molecule has 0 atom stereocenters. The third kappa shape index (κ3) is 3.66. The molecule has 3 aromatic rings. The van der Waals surface area contributed by atoms with E-state index in [1.54, 1.807) is 48.5 Å². The number of carbonyl (C=O) groups is 1. The van der Waals surface area contributed by atoms with Gasteiger partial charge in [0.05, 0.1) is 12.0 Å². The van der Waals surface area contributed by atoms with Crippen molar-refractivity contribution in [2.24, 2.45) is 0 Å². The van der Waals surface area contributed by atoms with Crippen LogP contribution in [0, 0.1) is 6.92 Å². The van der Waals surface area contributed by atoms with E-state index in [0.717, 1.165) is 4.88 Å². The number of furan rings is 1. The van der Waals surface area contributed by atoms with Crippen LogP contribution in [0.3, 0.4) is 0 Å². The van der Waals surface area contributed by atoms with Crippen molar-refractivity contribution in [1.29, 1.82) is 0 Å². The molecule has 1 aromatic carbocycles. The van der Waals surface area contributed by atoms with Gasteiger partial charge in [0.1, 0.15) is 4.21 Å². The fourth-order valence-electron chi connectivity index (χ4n) is 2.02. The Morgan fingerprint density at radius 2 is 1.88 bits per heavy atom. The molecule has 1 amide bonds. The second-order valence-corrected chi connectivity index (χ2v) is 8.18. The molecule has 0 radical (unpaired) electrons. The van der Waals surface area contributed by atoms with Crippen molar-refractivity contribution >= 4 is 38.6 Å². The van der Waals surface area contributed by atoms with E-state index in [2.05, 4.69) is 10.0 Å². The summed E-state index contributed by atoms with van der Waals surface area (Å²) in [5.41, 5.74) is 0.817. The lowest BCUT2D eigenvalue weighted by atomic mass is 10.3. The molecule has 0 spiro atoms. The molecule has 2 N–H and O–H groups in total. The standard InChI is InChI=1S/C16H14N2O4S2/c1-11-7-8-15(23-11)24(20,21)18-13-5-2-4-12(10-13)17-16(19)14-6-3-9-22-14/h2-10,18H,1H3,(H,17,19). The quantitative estimate of drug-likeness (QED) is 0.724. The van der Waals surface area contributed by atoms with Gasteiger partial charge in [0.2, 0.25) is 0 Å². The number of aryl methyl sites for hydroxylation is 1. The predicted molar refractivity (Wildman–Crippen MR) is 93.0 cm³/mol. The van der Waals surface area contributed by atoms with Gasteiger partial charge in [-0.15, -0.1) is 11.3 Å². The maximum absolute atomic E-state index is 12.3. The Labute approximate surface area is 143 Å². The van der Waals surface area contributed by atoms with Crippen LogP contribution in [0.1, 0.15) is 15.4 Å². The zero-order chi connectivity index (χ0) is 17.2. The molecule has 2 aromatic heterocycles. The number of nitrogens with one attached hydrogen (secondary N) is 2. The Bertz CT molecular complexity index is 960. The van der Waals surface area contributed by atoms with Crippen molar-refractivity contribution in [2.75, 3.05) is 10.0 Å². The minimum absolute atomic E-state index is 0.176. The summed E-state index contributed by atoms with van der Waals surface area (Å²) in [5, 5.41) is 2.65. The van der Waals surface area contributed by atoms with Crippen molar-refractivity contribution in [3.8, 4) is 0 Å². The molecule has 6 nitrogen and oxygen atoms in total. The van der Waals surface area contributed by atoms with Crippen molar-refractivity contribution in [1.82, 2.24) is 0 Å². The molecule has 0 bridgehead atoms. The highest BCUT2D eigenvalue weighted by Crippen LogP contribution is 2.24. The Balaban J connectivity index is 1.77. The zero-order valence-corrected chi connectivity index (χ0v) is 14.3. The SMILES string of the molecule is Cc1ccc(S(=O)(=O)Nc2cccc(NC(=O)c3ccco3)c2)s1. The molecule has 2 heterocycles. The lowest BCUT2D eigenvalue weighted by Gasteiger charge is -2.09. The van der Waals surface area contributed by atoms with Crippen molar-refractivity contribution < 1.29 is 17.6 Å². The number of sulfonamides is 1. The predicted octanol–water partition coefficient (Wildman–Crippen LogP) is 3.70. The van der Waals surface area contributed by atoms with E-state index in [9.17, 15) is 13.2 Å². The number of hydrogen-bond acceptors (Lipinski definition) is 5. The molecule has 3 rings (SSSR count). The molecule has 0 aliphatic rings. The monoisotopic (exact) mass is 362 g/mol. The van der Waals surface area contributed by atoms with Gasteiger partial charge in [-0.3, -0.25) is 9.52 Å². The van der Waals surface area contributed by atoms with E-state index < -0.39 is 15.9 Å². The van der Waals surface area contributed by atoms with Gasteiger partial charge in [-0.05, 0) is 49.4 Å². The minimum Gasteiger partial charge on any atom is -0.459 e. The van der Waals surface area contributed by atoms with Crippen LogP contribution in [0.4, 0.5) is 11.4 Å². The molecule has 0 aliphatic carbocycles. The highest BCUT2D eigenvalue weighted by atomic mass is 32.2. The smallest absolute Gasteiger partial charge is 0.291 e. The third-order valence-electron chi connectivity index (χ3n) is 3.10. The number of carbonyl (C=O) groups excluding carboxylic acids is 1. The van der Waals surface area contributed by atoms with Crippen molar-refractivity contribution in [3.63, 3.8) is 0 Å². The Morgan fingerprint density at radius 3 is 2.54 bits per heavy atom. The zero-order valence-electron chi connectivity index (χ0n) is 12.6. The Kier molecular flexibility index (Phi) is 4.41. The normalized spacial score (nSPS) is 11.2. The van der Waals surface area contributed by atoms with Crippen LogP contribution in [0.2, 0.25) is 0 Å². The Hall–Kier alpha value is -2.58. The van der Waals surface area contributed by atoms with Gasteiger partial charge in [-0.25, -0.2) is 8.42 Å². The molecule has 0 saturated heterocycles. The summed E-state index contributed by atoms with van der Waals surface area (Å²) in [5.74, 6) is -0.232. The van der Waals surface area contributed by atoms with E-state index in [1.165, 1.54) is 17.6 Å². The average Bonchev–Trinajstić information content (AvgIpc) is 3.18. The fraction of sp³-hybridized carbons (Fsp3) is 0.0625. The van der Waals surface area contributed by atoms with Gasteiger partial charge in [-0.2, -0.15) is 0 Å². The van der Waals surface area contributed by atoms with E-state index in [4.69, 9.17) is 4.42 Å². The number of rotatable bonds is 5. The van der Waals surface area contributed by atoms with Gasteiger partial charge in [0.15, 0.2) is 5.76 Å². The summed E-state index contributed by atoms with van der Waals surface area (Å²) in [6, 6.07) is 12.9. The first-order valence-corrected chi connectivity index (χ1v) is 9.28. The van der Waals surface area contributed by atoms with Crippen LogP contribution in [-0.2, 0) is 10.0 Å². The number of thiophene rings is 1. The van der Waals surface area contributed by atoms with Crippen LogP contribution in [0.25, 0.3) is 0 Å². The first-order chi connectivity index (χ1) is 11.4. The van der Waals surface area contributed by atoms with E-state index in [0.29, 0.717) is 11.4 Å². The number of amides is 1. The molecule has 8 heteroatoms. The summed E-state index contributed by atoms with van der Waals surface area (Å²) in [7, 11) is -3.64. The molecular weight excluding hydrogens is 348 g/mol. The van der Waals surface area contributed by atoms with Gasteiger partial charge < -0.3 is 9.73 Å². The molecule has 0 saturated carbocycles. The van der Waals surface area contributed by atoms with Crippen molar-refractivity contribution in [2.45, 2.75) is 11.1 Å².